The number of nitrogens with one attached hydrogen (secondary N) is 2. The molecular formula is C20H18ClN3O2S. The first-order valence-corrected chi connectivity index (χ1v) is 9.72. The Balaban J connectivity index is 1.47. The van der Waals surface area contributed by atoms with Gasteiger partial charge in [0.25, 0.3) is 11.8 Å². The van der Waals surface area contributed by atoms with Crippen molar-refractivity contribution < 1.29 is 9.59 Å². The Kier molecular flexibility index (Phi) is 6.57. The van der Waals surface area contributed by atoms with Gasteiger partial charge in [0, 0.05) is 22.5 Å². The van der Waals surface area contributed by atoms with Crippen LogP contribution in [0.1, 0.15) is 32.8 Å². The largest absolute Gasteiger partial charge is 0.351 e. The van der Waals surface area contributed by atoms with Crippen LogP contribution in [0.3, 0.4) is 0 Å². The van der Waals surface area contributed by atoms with E-state index in [0.29, 0.717) is 28.0 Å². The van der Waals surface area contributed by atoms with Gasteiger partial charge in [-0.05, 0) is 42.7 Å². The van der Waals surface area contributed by atoms with Gasteiger partial charge < -0.3 is 5.32 Å². The highest BCUT2D eigenvalue weighted by Crippen LogP contribution is 2.17. The Bertz CT molecular complexity index is 910. The molecule has 27 heavy (non-hydrogen) atoms. The molecule has 0 spiro atoms. The van der Waals surface area contributed by atoms with Crippen LogP contribution in [-0.2, 0) is 6.42 Å². The van der Waals surface area contributed by atoms with Crippen LogP contribution in [0.4, 0.5) is 5.13 Å². The van der Waals surface area contributed by atoms with E-state index in [2.05, 4.69) is 27.8 Å². The third-order valence-electron chi connectivity index (χ3n) is 3.83. The average Bonchev–Trinajstić information content (AvgIpc) is 3.15. The number of nitrogens with zero attached hydrogens (tertiary/aromatic N) is 1. The Labute approximate surface area is 166 Å². The number of aryl methyl sites for hydroxylation is 1. The second kappa shape index (κ2) is 9.30. The summed E-state index contributed by atoms with van der Waals surface area (Å²) in [6.45, 7) is 0.567. The lowest BCUT2D eigenvalue weighted by Gasteiger charge is -2.04. The number of anilines is 1. The van der Waals surface area contributed by atoms with Gasteiger partial charge in [0.05, 0.1) is 0 Å². The second-order valence-corrected chi connectivity index (χ2v) is 7.14. The summed E-state index contributed by atoms with van der Waals surface area (Å²) in [6.07, 6.45) is 1.75. The van der Waals surface area contributed by atoms with Gasteiger partial charge in [0.1, 0.15) is 5.69 Å². The van der Waals surface area contributed by atoms with E-state index in [1.165, 1.54) is 16.9 Å². The summed E-state index contributed by atoms with van der Waals surface area (Å²) < 4.78 is 0. The van der Waals surface area contributed by atoms with E-state index in [4.69, 9.17) is 11.6 Å². The number of rotatable bonds is 7. The minimum atomic E-state index is -0.296. The van der Waals surface area contributed by atoms with E-state index in [1.807, 2.05) is 18.2 Å². The number of halogens is 1. The van der Waals surface area contributed by atoms with Crippen molar-refractivity contribution in [2.45, 2.75) is 12.8 Å². The topological polar surface area (TPSA) is 71.1 Å². The molecule has 0 radical (unpaired) electrons. The smallest absolute Gasteiger partial charge is 0.270 e. The molecule has 138 valence electrons. The Morgan fingerprint density at radius 2 is 1.74 bits per heavy atom. The van der Waals surface area contributed by atoms with Crippen LogP contribution in [0, 0.1) is 0 Å². The maximum atomic E-state index is 12.2. The van der Waals surface area contributed by atoms with E-state index >= 15 is 0 Å². The quantitative estimate of drug-likeness (QED) is 0.578. The second-order valence-electron chi connectivity index (χ2n) is 5.84. The van der Waals surface area contributed by atoms with Gasteiger partial charge in [0.15, 0.2) is 5.13 Å². The van der Waals surface area contributed by atoms with Crippen molar-refractivity contribution in [3.05, 3.63) is 81.8 Å². The van der Waals surface area contributed by atoms with Crippen LogP contribution < -0.4 is 10.6 Å². The minimum Gasteiger partial charge on any atom is -0.351 e. The monoisotopic (exact) mass is 399 g/mol. The van der Waals surface area contributed by atoms with Crippen LogP contribution in [0.5, 0.6) is 0 Å². The summed E-state index contributed by atoms with van der Waals surface area (Å²) in [6, 6.07) is 16.7. The maximum Gasteiger partial charge on any atom is 0.270 e. The summed E-state index contributed by atoms with van der Waals surface area (Å²) in [5.74, 6) is -0.540. The Hall–Kier alpha value is -2.70. The minimum absolute atomic E-state index is 0.244. The van der Waals surface area contributed by atoms with Gasteiger partial charge in [-0.3, -0.25) is 14.9 Å². The van der Waals surface area contributed by atoms with E-state index in [1.54, 1.807) is 29.6 Å². The first kappa shape index (κ1) is 19.1. The molecule has 3 aromatic rings. The fraction of sp³-hybridized carbons (Fsp3) is 0.150. The first-order valence-electron chi connectivity index (χ1n) is 8.46. The molecule has 2 aromatic carbocycles. The molecule has 0 aliphatic carbocycles. The van der Waals surface area contributed by atoms with Crippen LogP contribution in [0.15, 0.2) is 60.0 Å². The number of hydrogen-bond donors (Lipinski definition) is 2. The van der Waals surface area contributed by atoms with E-state index in [9.17, 15) is 9.59 Å². The standard InChI is InChI=1S/C20H18ClN3O2S/c21-16-10-8-15(9-11-16)18(25)24-20-23-17(13-27-20)19(26)22-12-4-7-14-5-2-1-3-6-14/h1-3,5-6,8-11,13H,4,7,12H2,(H,22,26)(H,23,24,25). The summed E-state index contributed by atoms with van der Waals surface area (Å²) in [4.78, 5) is 28.5. The molecule has 0 saturated carbocycles. The van der Waals surface area contributed by atoms with Gasteiger partial charge >= 0.3 is 0 Å². The fourth-order valence-corrected chi connectivity index (χ4v) is 3.25. The van der Waals surface area contributed by atoms with Crippen molar-refractivity contribution >= 4 is 39.9 Å². The molecule has 3 rings (SSSR count). The normalized spacial score (nSPS) is 10.4. The molecule has 1 heterocycles. The lowest BCUT2D eigenvalue weighted by molar-refractivity contribution is 0.0947. The molecule has 5 nitrogen and oxygen atoms in total. The van der Waals surface area contributed by atoms with Crippen LogP contribution in [-0.4, -0.2) is 23.3 Å². The zero-order valence-corrected chi connectivity index (χ0v) is 16.0. The number of amides is 2. The number of benzene rings is 2. The predicted octanol–water partition coefficient (Wildman–Crippen LogP) is 4.41. The Morgan fingerprint density at radius 3 is 2.48 bits per heavy atom. The summed E-state index contributed by atoms with van der Waals surface area (Å²) in [5, 5.41) is 8.11. The predicted molar refractivity (Wildman–Crippen MR) is 109 cm³/mol. The lowest BCUT2D eigenvalue weighted by atomic mass is 10.1. The number of carbonyl (C=O) groups excluding carboxylic acids is 2. The van der Waals surface area contributed by atoms with Crippen LogP contribution in [0.2, 0.25) is 5.02 Å². The summed E-state index contributed by atoms with van der Waals surface area (Å²) in [5.41, 5.74) is 2.01. The molecule has 0 saturated heterocycles. The average molecular weight is 400 g/mol. The summed E-state index contributed by atoms with van der Waals surface area (Å²) in [7, 11) is 0. The molecule has 0 aliphatic heterocycles. The highest BCUT2D eigenvalue weighted by molar-refractivity contribution is 7.14. The molecule has 7 heteroatoms. The maximum absolute atomic E-state index is 12.2. The molecule has 0 aliphatic rings. The van der Waals surface area contributed by atoms with Crippen molar-refractivity contribution in [1.29, 1.82) is 0 Å². The van der Waals surface area contributed by atoms with E-state index < -0.39 is 0 Å². The molecule has 1 aromatic heterocycles. The number of hydrogen-bond acceptors (Lipinski definition) is 4. The van der Waals surface area contributed by atoms with Gasteiger partial charge in [0.2, 0.25) is 0 Å². The van der Waals surface area contributed by atoms with Gasteiger partial charge in [-0.1, -0.05) is 41.9 Å². The number of carbonyl (C=O) groups is 2. The molecule has 2 N–H and O–H groups in total. The molecular weight excluding hydrogens is 382 g/mol. The molecule has 2 amide bonds. The molecule has 0 bridgehead atoms. The zero-order chi connectivity index (χ0) is 19.1. The van der Waals surface area contributed by atoms with Crippen LogP contribution >= 0.6 is 22.9 Å². The lowest BCUT2D eigenvalue weighted by Crippen LogP contribution is -2.25. The van der Waals surface area contributed by atoms with Crippen LogP contribution in [0.25, 0.3) is 0 Å². The van der Waals surface area contributed by atoms with Crippen molar-refractivity contribution in [3.63, 3.8) is 0 Å². The van der Waals surface area contributed by atoms with Crippen molar-refractivity contribution in [2.24, 2.45) is 0 Å². The van der Waals surface area contributed by atoms with Gasteiger partial charge in [-0.2, -0.15) is 0 Å². The van der Waals surface area contributed by atoms with Crippen molar-refractivity contribution in [3.8, 4) is 0 Å². The number of aromatic nitrogens is 1. The number of thiazole rings is 1. The highest BCUT2D eigenvalue weighted by Gasteiger charge is 2.13. The van der Waals surface area contributed by atoms with Gasteiger partial charge in [-0.25, -0.2) is 4.98 Å². The highest BCUT2D eigenvalue weighted by atomic mass is 35.5. The Morgan fingerprint density at radius 1 is 1.00 bits per heavy atom. The van der Waals surface area contributed by atoms with E-state index in [-0.39, 0.29) is 11.8 Å². The van der Waals surface area contributed by atoms with Gasteiger partial charge in [-0.15, -0.1) is 11.3 Å². The first-order chi connectivity index (χ1) is 13.1. The molecule has 0 fully saturated rings. The third kappa shape index (κ3) is 5.64. The molecule has 0 atom stereocenters. The van der Waals surface area contributed by atoms with E-state index in [0.717, 1.165) is 12.8 Å². The fourth-order valence-electron chi connectivity index (χ4n) is 2.44. The molecule has 0 unspecified atom stereocenters. The van der Waals surface area contributed by atoms with Crippen molar-refractivity contribution in [2.75, 3.05) is 11.9 Å². The zero-order valence-electron chi connectivity index (χ0n) is 14.4. The summed E-state index contributed by atoms with van der Waals surface area (Å²) >= 11 is 7.03. The van der Waals surface area contributed by atoms with Crippen molar-refractivity contribution in [1.82, 2.24) is 10.3 Å². The third-order valence-corrected chi connectivity index (χ3v) is 4.84. The SMILES string of the molecule is O=C(Nc1nc(C(=O)NCCCc2ccccc2)cs1)c1ccc(Cl)cc1.